The molecule has 22 heavy (non-hydrogen) atoms. The van der Waals surface area contributed by atoms with Crippen LogP contribution in [0.3, 0.4) is 0 Å². The fourth-order valence-corrected chi connectivity index (χ4v) is 2.14. The van der Waals surface area contributed by atoms with Gasteiger partial charge in [-0.2, -0.15) is 0 Å². The Morgan fingerprint density at radius 3 is 2.45 bits per heavy atom. The quantitative estimate of drug-likeness (QED) is 0.753. The first-order valence-electron chi connectivity index (χ1n) is 6.78. The Bertz CT molecular complexity index is 865. The van der Waals surface area contributed by atoms with Gasteiger partial charge in [0.25, 0.3) is 5.91 Å². The summed E-state index contributed by atoms with van der Waals surface area (Å²) in [6.07, 6.45) is 1.76. The maximum atomic E-state index is 12.2. The van der Waals surface area contributed by atoms with Gasteiger partial charge in [0.2, 0.25) is 0 Å². The second-order valence-corrected chi connectivity index (χ2v) is 4.98. The van der Waals surface area contributed by atoms with Crippen molar-refractivity contribution in [2.24, 2.45) is 0 Å². The van der Waals surface area contributed by atoms with Gasteiger partial charge in [-0.1, -0.05) is 0 Å². The van der Waals surface area contributed by atoms with Crippen LogP contribution < -0.4 is 5.32 Å². The number of carbonyl (C=O) groups excluding carboxylic acids is 2. The van der Waals surface area contributed by atoms with Crippen LogP contribution in [0.1, 0.15) is 33.5 Å². The molecule has 110 valence electrons. The fourth-order valence-electron chi connectivity index (χ4n) is 2.14. The first kappa shape index (κ1) is 13.9. The van der Waals surface area contributed by atoms with Crippen LogP contribution in [0.25, 0.3) is 5.65 Å². The third-order valence-electron chi connectivity index (χ3n) is 3.39. The number of aromatic nitrogens is 3. The van der Waals surface area contributed by atoms with E-state index in [0.717, 1.165) is 5.82 Å². The second kappa shape index (κ2) is 5.40. The molecule has 3 aromatic rings. The zero-order chi connectivity index (χ0) is 15.7. The number of carbonyl (C=O) groups is 2. The minimum Gasteiger partial charge on any atom is -0.322 e. The Morgan fingerprint density at radius 2 is 1.77 bits per heavy atom. The van der Waals surface area contributed by atoms with Crippen LogP contribution in [0, 0.1) is 6.92 Å². The van der Waals surface area contributed by atoms with Gasteiger partial charge in [-0.25, -0.2) is 0 Å². The van der Waals surface area contributed by atoms with Crippen molar-refractivity contribution in [1.29, 1.82) is 0 Å². The van der Waals surface area contributed by atoms with Crippen LogP contribution in [-0.2, 0) is 0 Å². The third kappa shape index (κ3) is 2.58. The largest absolute Gasteiger partial charge is 0.322 e. The number of nitrogens with zero attached hydrogens (tertiary/aromatic N) is 3. The molecule has 3 rings (SSSR count). The summed E-state index contributed by atoms with van der Waals surface area (Å²) in [5.41, 5.74) is 2.36. The van der Waals surface area contributed by atoms with Crippen LogP contribution in [0.5, 0.6) is 0 Å². The van der Waals surface area contributed by atoms with E-state index in [9.17, 15) is 9.59 Å². The van der Waals surface area contributed by atoms with Crippen LogP contribution in [0.2, 0.25) is 0 Å². The van der Waals surface area contributed by atoms with Crippen molar-refractivity contribution in [3.8, 4) is 0 Å². The molecule has 6 heteroatoms. The molecular weight excluding hydrogens is 280 g/mol. The van der Waals surface area contributed by atoms with E-state index in [1.54, 1.807) is 47.0 Å². The van der Waals surface area contributed by atoms with Crippen molar-refractivity contribution in [2.75, 3.05) is 5.32 Å². The molecule has 2 aromatic heterocycles. The molecule has 1 aromatic carbocycles. The van der Waals surface area contributed by atoms with E-state index in [1.165, 1.54) is 6.92 Å². The average molecular weight is 294 g/mol. The van der Waals surface area contributed by atoms with Crippen LogP contribution in [0.15, 0.2) is 42.6 Å². The van der Waals surface area contributed by atoms with E-state index in [1.807, 2.05) is 6.92 Å². The molecule has 0 aliphatic carbocycles. The van der Waals surface area contributed by atoms with E-state index < -0.39 is 0 Å². The van der Waals surface area contributed by atoms with Gasteiger partial charge < -0.3 is 5.32 Å². The molecule has 0 radical (unpaired) electrons. The zero-order valence-corrected chi connectivity index (χ0v) is 12.2. The highest BCUT2D eigenvalue weighted by molar-refractivity contribution is 6.05. The lowest BCUT2D eigenvalue weighted by molar-refractivity contribution is 0.101. The van der Waals surface area contributed by atoms with Gasteiger partial charge in [0.15, 0.2) is 11.4 Å². The molecule has 0 aliphatic heterocycles. The molecule has 6 nitrogen and oxygen atoms in total. The maximum absolute atomic E-state index is 12.2. The normalized spacial score (nSPS) is 10.6. The Labute approximate surface area is 126 Å². The molecule has 0 spiro atoms. The summed E-state index contributed by atoms with van der Waals surface area (Å²) >= 11 is 0. The number of pyridine rings is 1. The number of hydrogen-bond donors (Lipinski definition) is 1. The highest BCUT2D eigenvalue weighted by atomic mass is 16.1. The fraction of sp³-hybridized carbons (Fsp3) is 0.125. The van der Waals surface area contributed by atoms with Gasteiger partial charge in [0, 0.05) is 23.0 Å². The molecule has 0 saturated heterocycles. The van der Waals surface area contributed by atoms with Gasteiger partial charge in [-0.3, -0.25) is 14.0 Å². The van der Waals surface area contributed by atoms with Crippen LogP contribution in [-0.4, -0.2) is 26.3 Å². The predicted molar refractivity (Wildman–Crippen MR) is 82.1 cm³/mol. The zero-order valence-electron chi connectivity index (χ0n) is 12.2. The molecule has 0 fully saturated rings. The number of Topliss-reactive ketones (excluding diaryl/α,β-unsaturated/α-hetero) is 1. The van der Waals surface area contributed by atoms with Crippen molar-refractivity contribution in [1.82, 2.24) is 14.6 Å². The van der Waals surface area contributed by atoms with E-state index in [-0.39, 0.29) is 11.7 Å². The van der Waals surface area contributed by atoms with Crippen molar-refractivity contribution >= 4 is 23.0 Å². The lowest BCUT2D eigenvalue weighted by atomic mass is 10.1. The summed E-state index contributed by atoms with van der Waals surface area (Å²) in [5, 5.41) is 10.7. The number of amides is 1. The second-order valence-electron chi connectivity index (χ2n) is 4.98. The summed E-state index contributed by atoms with van der Waals surface area (Å²) in [6, 6.07) is 10.2. The van der Waals surface area contributed by atoms with E-state index in [0.29, 0.717) is 22.5 Å². The minimum atomic E-state index is -0.237. The Kier molecular flexibility index (Phi) is 3.42. The van der Waals surface area contributed by atoms with Gasteiger partial charge >= 0.3 is 0 Å². The van der Waals surface area contributed by atoms with E-state index in [2.05, 4.69) is 15.5 Å². The summed E-state index contributed by atoms with van der Waals surface area (Å²) in [7, 11) is 0. The molecule has 1 N–H and O–H groups in total. The highest BCUT2D eigenvalue weighted by Gasteiger charge is 2.09. The van der Waals surface area contributed by atoms with Crippen LogP contribution >= 0.6 is 0 Å². The number of hydrogen-bond acceptors (Lipinski definition) is 4. The van der Waals surface area contributed by atoms with Gasteiger partial charge in [0.1, 0.15) is 5.82 Å². The summed E-state index contributed by atoms with van der Waals surface area (Å²) in [6.45, 7) is 3.35. The topological polar surface area (TPSA) is 76.4 Å². The lowest BCUT2D eigenvalue weighted by Gasteiger charge is -2.06. The highest BCUT2D eigenvalue weighted by Crippen LogP contribution is 2.13. The molecule has 2 heterocycles. The SMILES string of the molecule is CC(=O)c1ccc(NC(=O)c2ccn3c(C)nnc3c2)cc1. The maximum Gasteiger partial charge on any atom is 0.255 e. The molecule has 0 unspecified atom stereocenters. The number of aryl methyl sites for hydroxylation is 1. The lowest BCUT2D eigenvalue weighted by Crippen LogP contribution is -2.12. The van der Waals surface area contributed by atoms with Crippen LogP contribution in [0.4, 0.5) is 5.69 Å². The monoisotopic (exact) mass is 294 g/mol. The molecule has 1 amide bonds. The average Bonchev–Trinajstić information content (AvgIpc) is 2.88. The standard InChI is InChI=1S/C16H14N4O2/c1-10(21)12-3-5-14(6-4-12)17-16(22)13-7-8-20-11(2)18-19-15(20)9-13/h3-9H,1-2H3,(H,17,22). The number of ketones is 1. The molecular formula is C16H14N4O2. The summed E-state index contributed by atoms with van der Waals surface area (Å²) < 4.78 is 1.80. The number of benzene rings is 1. The van der Waals surface area contributed by atoms with E-state index in [4.69, 9.17) is 0 Å². The van der Waals surface area contributed by atoms with Gasteiger partial charge in [-0.15, -0.1) is 10.2 Å². The molecule has 0 aliphatic rings. The van der Waals surface area contributed by atoms with Crippen molar-refractivity contribution in [2.45, 2.75) is 13.8 Å². The van der Waals surface area contributed by atoms with Gasteiger partial charge in [-0.05, 0) is 50.2 Å². The smallest absolute Gasteiger partial charge is 0.255 e. The molecule has 0 saturated carbocycles. The van der Waals surface area contributed by atoms with Crippen molar-refractivity contribution in [3.05, 3.63) is 59.5 Å². The number of nitrogens with one attached hydrogen (secondary N) is 1. The minimum absolute atomic E-state index is 0.00879. The first-order valence-corrected chi connectivity index (χ1v) is 6.78. The van der Waals surface area contributed by atoms with Crippen molar-refractivity contribution < 1.29 is 9.59 Å². The number of anilines is 1. The van der Waals surface area contributed by atoms with E-state index >= 15 is 0 Å². The summed E-state index contributed by atoms with van der Waals surface area (Å²) in [4.78, 5) is 23.5. The first-order chi connectivity index (χ1) is 10.5. The Hall–Kier alpha value is -3.02. The Balaban J connectivity index is 1.81. The van der Waals surface area contributed by atoms with Crippen molar-refractivity contribution in [3.63, 3.8) is 0 Å². The number of rotatable bonds is 3. The summed E-state index contributed by atoms with van der Waals surface area (Å²) in [5.74, 6) is 0.519. The molecule has 0 atom stereocenters. The van der Waals surface area contributed by atoms with Gasteiger partial charge in [0.05, 0.1) is 0 Å². The predicted octanol–water partition coefficient (Wildman–Crippen LogP) is 2.49. The third-order valence-corrected chi connectivity index (χ3v) is 3.39. The number of fused-ring (bicyclic) bond motifs is 1. The Morgan fingerprint density at radius 1 is 1.05 bits per heavy atom. The molecule has 0 bridgehead atoms.